The fourth-order valence-corrected chi connectivity index (χ4v) is 4.24. The van der Waals surface area contributed by atoms with Gasteiger partial charge in [-0.1, -0.05) is 71.6 Å². The largest absolute Gasteiger partial charge is 0.481 e. The molecule has 172 valence electrons. The van der Waals surface area contributed by atoms with Crippen LogP contribution in [-0.4, -0.2) is 23.5 Å². The Morgan fingerprint density at radius 3 is 2.09 bits per heavy atom. The Bertz CT molecular complexity index is 1120. The van der Waals surface area contributed by atoms with Crippen molar-refractivity contribution in [3.8, 4) is 11.1 Å². The number of hydrogen-bond donors (Lipinski definition) is 1. The van der Waals surface area contributed by atoms with Crippen molar-refractivity contribution in [3.63, 3.8) is 0 Å². The highest BCUT2D eigenvalue weighted by molar-refractivity contribution is 6.35. The van der Waals surface area contributed by atoms with Crippen LogP contribution >= 0.6 is 23.2 Å². The number of halogens is 2. The van der Waals surface area contributed by atoms with Crippen LogP contribution in [0.25, 0.3) is 11.1 Å². The molecule has 0 heterocycles. The number of nitrogens with zero attached hydrogens (tertiary/aromatic N) is 1. The number of carbonyl (C=O) groups excluding carboxylic acids is 1. The number of carboxylic acid groups (broad SMARTS) is 1. The minimum absolute atomic E-state index is 0.125. The van der Waals surface area contributed by atoms with Gasteiger partial charge in [0.15, 0.2) is 0 Å². The van der Waals surface area contributed by atoms with Gasteiger partial charge in [0.25, 0.3) is 5.91 Å². The standard InChI is InChI=1S/C27H27Cl2NO3/c1-18-7-10-20(11-8-18)21-12-9-19(2)25(16-21)30(13-5-3-4-6-26(31)32)27(33)22-14-23(28)17-24(29)15-22/h7-12,14-17H,3-6,13H2,1-2H3,(H,31,32). The molecule has 3 aromatic rings. The Morgan fingerprint density at radius 1 is 0.818 bits per heavy atom. The van der Waals surface area contributed by atoms with E-state index in [4.69, 9.17) is 28.3 Å². The van der Waals surface area contributed by atoms with E-state index in [2.05, 4.69) is 30.3 Å². The van der Waals surface area contributed by atoms with Gasteiger partial charge in [0, 0.05) is 34.3 Å². The Balaban J connectivity index is 1.95. The van der Waals surface area contributed by atoms with Crippen molar-refractivity contribution in [3.05, 3.63) is 87.4 Å². The highest BCUT2D eigenvalue weighted by Crippen LogP contribution is 2.30. The maximum absolute atomic E-state index is 13.6. The second-order valence-electron chi connectivity index (χ2n) is 8.19. The predicted molar refractivity (Wildman–Crippen MR) is 136 cm³/mol. The fraction of sp³-hybridized carbons (Fsp3) is 0.259. The van der Waals surface area contributed by atoms with Crippen molar-refractivity contribution in [1.29, 1.82) is 0 Å². The Hall–Kier alpha value is -2.82. The molecule has 0 fully saturated rings. The predicted octanol–water partition coefficient (Wildman–Crippen LogP) is 7.57. The number of benzene rings is 3. The van der Waals surface area contributed by atoms with Gasteiger partial charge >= 0.3 is 5.97 Å². The number of carbonyl (C=O) groups is 2. The van der Waals surface area contributed by atoms with Gasteiger partial charge in [-0.2, -0.15) is 0 Å². The number of aliphatic carboxylic acids is 1. The third-order valence-corrected chi connectivity index (χ3v) is 5.95. The van der Waals surface area contributed by atoms with Gasteiger partial charge in [0.1, 0.15) is 0 Å². The van der Waals surface area contributed by atoms with Gasteiger partial charge in [0.05, 0.1) is 0 Å². The molecule has 4 nitrogen and oxygen atoms in total. The molecule has 0 spiro atoms. The first-order valence-electron chi connectivity index (χ1n) is 10.9. The molecule has 0 aromatic heterocycles. The second-order valence-corrected chi connectivity index (χ2v) is 9.06. The van der Waals surface area contributed by atoms with E-state index in [1.165, 1.54) is 5.56 Å². The number of amides is 1. The number of unbranched alkanes of at least 4 members (excludes halogenated alkanes) is 2. The van der Waals surface area contributed by atoms with E-state index in [0.29, 0.717) is 41.4 Å². The first-order valence-corrected chi connectivity index (χ1v) is 11.7. The van der Waals surface area contributed by atoms with Crippen LogP contribution in [-0.2, 0) is 4.79 Å². The van der Waals surface area contributed by atoms with E-state index in [1.807, 2.05) is 26.0 Å². The van der Waals surface area contributed by atoms with Gasteiger partial charge in [-0.15, -0.1) is 0 Å². The molecule has 0 saturated carbocycles. The minimum Gasteiger partial charge on any atom is -0.481 e. The lowest BCUT2D eigenvalue weighted by molar-refractivity contribution is -0.137. The molecule has 0 aliphatic heterocycles. The van der Waals surface area contributed by atoms with Crippen molar-refractivity contribution >= 4 is 40.8 Å². The van der Waals surface area contributed by atoms with E-state index < -0.39 is 5.97 Å². The topological polar surface area (TPSA) is 57.6 Å². The SMILES string of the molecule is Cc1ccc(-c2ccc(C)c(N(CCCCCC(=O)O)C(=O)c3cc(Cl)cc(Cl)c3)c2)cc1. The summed E-state index contributed by atoms with van der Waals surface area (Å²) >= 11 is 12.3. The molecule has 3 rings (SSSR count). The van der Waals surface area contributed by atoms with Crippen molar-refractivity contribution in [2.45, 2.75) is 39.5 Å². The van der Waals surface area contributed by atoms with E-state index >= 15 is 0 Å². The molecule has 6 heteroatoms. The van der Waals surface area contributed by atoms with Gasteiger partial charge in [0.2, 0.25) is 0 Å². The number of carboxylic acids is 1. The fourth-order valence-electron chi connectivity index (χ4n) is 3.71. The zero-order valence-corrected chi connectivity index (χ0v) is 20.3. The first kappa shape index (κ1) is 24.8. The lowest BCUT2D eigenvalue weighted by Crippen LogP contribution is -2.32. The number of rotatable bonds is 9. The highest BCUT2D eigenvalue weighted by Gasteiger charge is 2.21. The zero-order chi connectivity index (χ0) is 24.0. The quantitative estimate of drug-likeness (QED) is 0.319. The number of hydrogen-bond acceptors (Lipinski definition) is 2. The first-order chi connectivity index (χ1) is 15.7. The van der Waals surface area contributed by atoms with Crippen molar-refractivity contribution in [2.24, 2.45) is 0 Å². The van der Waals surface area contributed by atoms with Crippen LogP contribution in [0.4, 0.5) is 5.69 Å². The normalized spacial score (nSPS) is 10.8. The van der Waals surface area contributed by atoms with Crippen LogP contribution in [0, 0.1) is 13.8 Å². The van der Waals surface area contributed by atoms with Crippen molar-refractivity contribution in [2.75, 3.05) is 11.4 Å². The van der Waals surface area contributed by atoms with E-state index in [-0.39, 0.29) is 12.3 Å². The van der Waals surface area contributed by atoms with Crippen LogP contribution < -0.4 is 4.90 Å². The van der Waals surface area contributed by atoms with E-state index in [9.17, 15) is 9.59 Å². The number of aryl methyl sites for hydroxylation is 2. The molecule has 0 atom stereocenters. The molecule has 0 unspecified atom stereocenters. The summed E-state index contributed by atoms with van der Waals surface area (Å²) in [5.74, 6) is -1.00. The minimum atomic E-state index is -0.807. The van der Waals surface area contributed by atoms with Crippen LogP contribution in [0.5, 0.6) is 0 Å². The summed E-state index contributed by atoms with van der Waals surface area (Å²) in [7, 11) is 0. The summed E-state index contributed by atoms with van der Waals surface area (Å²) in [5, 5.41) is 9.69. The van der Waals surface area contributed by atoms with Gasteiger partial charge in [-0.25, -0.2) is 0 Å². The number of anilines is 1. The summed E-state index contributed by atoms with van der Waals surface area (Å²) < 4.78 is 0. The van der Waals surface area contributed by atoms with Gasteiger partial charge in [-0.3, -0.25) is 9.59 Å². The zero-order valence-electron chi connectivity index (χ0n) is 18.8. The Kier molecular flexibility index (Phi) is 8.54. The lowest BCUT2D eigenvalue weighted by Gasteiger charge is -2.26. The summed E-state index contributed by atoms with van der Waals surface area (Å²) in [5.41, 5.74) is 5.47. The van der Waals surface area contributed by atoms with Gasteiger partial charge in [-0.05, 0) is 67.6 Å². The average Bonchev–Trinajstić information content (AvgIpc) is 2.76. The van der Waals surface area contributed by atoms with Crippen molar-refractivity contribution < 1.29 is 14.7 Å². The van der Waals surface area contributed by atoms with Crippen LogP contribution in [0.1, 0.15) is 47.2 Å². The molecule has 33 heavy (non-hydrogen) atoms. The molecule has 0 aliphatic rings. The molecular formula is C27H27Cl2NO3. The van der Waals surface area contributed by atoms with E-state index in [1.54, 1.807) is 23.1 Å². The molecule has 1 amide bonds. The maximum atomic E-state index is 13.6. The van der Waals surface area contributed by atoms with Gasteiger partial charge < -0.3 is 10.0 Å². The molecule has 0 aliphatic carbocycles. The maximum Gasteiger partial charge on any atom is 0.303 e. The highest BCUT2D eigenvalue weighted by atomic mass is 35.5. The third-order valence-electron chi connectivity index (χ3n) is 5.51. The summed E-state index contributed by atoms with van der Waals surface area (Å²) in [6.07, 6.45) is 2.09. The summed E-state index contributed by atoms with van der Waals surface area (Å²) in [4.78, 5) is 26.1. The van der Waals surface area contributed by atoms with Crippen LogP contribution in [0.3, 0.4) is 0 Å². The monoisotopic (exact) mass is 483 g/mol. The van der Waals surface area contributed by atoms with Crippen molar-refractivity contribution in [1.82, 2.24) is 0 Å². The molecule has 0 bridgehead atoms. The average molecular weight is 484 g/mol. The van der Waals surface area contributed by atoms with Crippen LogP contribution in [0.2, 0.25) is 10.0 Å². The third kappa shape index (κ3) is 6.83. The molecule has 1 N–H and O–H groups in total. The summed E-state index contributed by atoms with van der Waals surface area (Å²) in [6.45, 7) is 4.48. The van der Waals surface area contributed by atoms with E-state index in [0.717, 1.165) is 22.4 Å². The lowest BCUT2D eigenvalue weighted by atomic mass is 10.0. The molecular weight excluding hydrogens is 457 g/mol. The van der Waals surface area contributed by atoms with Crippen LogP contribution in [0.15, 0.2) is 60.7 Å². The second kappa shape index (κ2) is 11.4. The summed E-state index contributed by atoms with van der Waals surface area (Å²) in [6, 6.07) is 19.2. The molecule has 0 saturated heterocycles. The molecule has 3 aromatic carbocycles. The Labute approximate surface area is 204 Å². The molecule has 0 radical (unpaired) electrons. The Morgan fingerprint density at radius 2 is 1.45 bits per heavy atom. The smallest absolute Gasteiger partial charge is 0.303 e.